The van der Waals surface area contributed by atoms with Crippen LogP contribution in [-0.4, -0.2) is 40.0 Å². The molecule has 0 spiro atoms. The lowest BCUT2D eigenvalue weighted by Gasteiger charge is -2.26. The molecule has 0 radical (unpaired) electrons. The Balaban J connectivity index is 1.76. The van der Waals surface area contributed by atoms with E-state index in [9.17, 15) is 9.59 Å². The van der Waals surface area contributed by atoms with Crippen LogP contribution in [0.2, 0.25) is 0 Å². The second-order valence-electron chi connectivity index (χ2n) is 6.09. The number of thiophene rings is 1. The van der Waals surface area contributed by atoms with Crippen molar-refractivity contribution in [3.8, 4) is 0 Å². The van der Waals surface area contributed by atoms with Gasteiger partial charge in [0.05, 0.1) is 11.4 Å². The molecule has 2 aromatic rings. The van der Waals surface area contributed by atoms with Crippen LogP contribution in [0, 0.1) is 5.92 Å². The summed E-state index contributed by atoms with van der Waals surface area (Å²) in [4.78, 5) is 27.3. The van der Waals surface area contributed by atoms with Gasteiger partial charge in [-0.15, -0.1) is 11.3 Å². The first-order valence-electron chi connectivity index (χ1n) is 7.73. The number of amides is 2. The van der Waals surface area contributed by atoms with Crippen molar-refractivity contribution in [2.75, 3.05) is 13.1 Å². The van der Waals surface area contributed by atoms with Crippen LogP contribution in [0.1, 0.15) is 45.3 Å². The number of aromatic nitrogens is 2. The summed E-state index contributed by atoms with van der Waals surface area (Å²) < 4.78 is 0. The Labute approximate surface area is 138 Å². The van der Waals surface area contributed by atoms with Crippen LogP contribution in [0.4, 0.5) is 0 Å². The Morgan fingerprint density at radius 1 is 1.48 bits per heavy atom. The number of nitrogens with one attached hydrogen (secondary N) is 2. The van der Waals surface area contributed by atoms with E-state index < -0.39 is 0 Å². The first kappa shape index (κ1) is 15.7. The highest BCUT2D eigenvalue weighted by molar-refractivity contribution is 7.12. The van der Waals surface area contributed by atoms with Crippen LogP contribution in [-0.2, 0) is 13.0 Å². The Hall–Kier alpha value is -2.15. The average Bonchev–Trinajstić information content (AvgIpc) is 3.20. The molecule has 2 N–H and O–H groups in total. The molecule has 0 atom stereocenters. The second-order valence-corrected chi connectivity index (χ2v) is 7.03. The van der Waals surface area contributed by atoms with Crippen molar-refractivity contribution in [1.29, 1.82) is 0 Å². The van der Waals surface area contributed by atoms with Gasteiger partial charge >= 0.3 is 0 Å². The number of aromatic amines is 1. The molecule has 7 heteroatoms. The molecular weight excluding hydrogens is 312 g/mol. The summed E-state index contributed by atoms with van der Waals surface area (Å²) in [6, 6.07) is 3.70. The molecule has 1 aliphatic heterocycles. The molecule has 0 saturated carbocycles. The molecule has 23 heavy (non-hydrogen) atoms. The standard InChI is InChI=1S/C16H20N4O2S/c1-10(2)8-17-15(21)14-11-9-20(6-5-12(11)18-19-14)16(22)13-4-3-7-23-13/h3-4,7,10H,5-6,8-9H2,1-2H3,(H,17,21)(H,18,19). The maximum atomic E-state index is 12.5. The molecule has 2 aromatic heterocycles. The molecular formula is C16H20N4O2S. The minimum absolute atomic E-state index is 0.0142. The van der Waals surface area contributed by atoms with Crippen molar-refractivity contribution in [3.05, 3.63) is 39.3 Å². The van der Waals surface area contributed by atoms with Gasteiger partial charge in [-0.05, 0) is 17.4 Å². The third-order valence-corrected chi connectivity index (χ3v) is 4.70. The molecule has 0 unspecified atom stereocenters. The molecule has 2 amide bonds. The third-order valence-electron chi connectivity index (χ3n) is 3.84. The lowest BCUT2D eigenvalue weighted by molar-refractivity contribution is 0.0736. The Morgan fingerprint density at radius 3 is 3.00 bits per heavy atom. The lowest BCUT2D eigenvalue weighted by Crippen LogP contribution is -2.36. The van der Waals surface area contributed by atoms with E-state index in [-0.39, 0.29) is 11.8 Å². The van der Waals surface area contributed by atoms with Crippen molar-refractivity contribution in [1.82, 2.24) is 20.4 Å². The van der Waals surface area contributed by atoms with Crippen molar-refractivity contribution in [3.63, 3.8) is 0 Å². The molecule has 0 bridgehead atoms. The van der Waals surface area contributed by atoms with Crippen LogP contribution < -0.4 is 5.32 Å². The highest BCUT2D eigenvalue weighted by Gasteiger charge is 2.28. The van der Waals surface area contributed by atoms with Gasteiger partial charge < -0.3 is 10.2 Å². The van der Waals surface area contributed by atoms with E-state index in [1.54, 1.807) is 4.90 Å². The number of carbonyl (C=O) groups is 2. The first-order chi connectivity index (χ1) is 11.1. The molecule has 3 heterocycles. The van der Waals surface area contributed by atoms with Crippen molar-refractivity contribution >= 4 is 23.2 Å². The van der Waals surface area contributed by atoms with Gasteiger partial charge in [0, 0.05) is 30.8 Å². The highest BCUT2D eigenvalue weighted by Crippen LogP contribution is 2.23. The zero-order valence-corrected chi connectivity index (χ0v) is 14.1. The van der Waals surface area contributed by atoms with E-state index in [1.165, 1.54) is 11.3 Å². The summed E-state index contributed by atoms with van der Waals surface area (Å²) in [6.07, 6.45) is 0.691. The van der Waals surface area contributed by atoms with Crippen LogP contribution in [0.5, 0.6) is 0 Å². The fourth-order valence-corrected chi connectivity index (χ4v) is 3.28. The molecule has 3 rings (SSSR count). The van der Waals surface area contributed by atoms with E-state index in [4.69, 9.17) is 0 Å². The van der Waals surface area contributed by atoms with Gasteiger partial charge in [-0.1, -0.05) is 19.9 Å². The van der Waals surface area contributed by atoms with Crippen molar-refractivity contribution < 1.29 is 9.59 Å². The summed E-state index contributed by atoms with van der Waals surface area (Å²) in [7, 11) is 0. The summed E-state index contributed by atoms with van der Waals surface area (Å²) in [5.74, 6) is 0.215. The predicted molar refractivity (Wildman–Crippen MR) is 88.5 cm³/mol. The average molecular weight is 332 g/mol. The second kappa shape index (κ2) is 6.54. The maximum absolute atomic E-state index is 12.5. The molecule has 0 aliphatic carbocycles. The Morgan fingerprint density at radius 2 is 2.30 bits per heavy atom. The van der Waals surface area contributed by atoms with E-state index in [0.29, 0.717) is 37.7 Å². The Bertz CT molecular complexity index is 706. The summed E-state index contributed by atoms with van der Waals surface area (Å²) in [5, 5.41) is 11.9. The zero-order valence-electron chi connectivity index (χ0n) is 13.3. The van der Waals surface area contributed by atoms with Gasteiger partial charge in [0.1, 0.15) is 0 Å². The van der Waals surface area contributed by atoms with Gasteiger partial charge in [-0.3, -0.25) is 14.7 Å². The van der Waals surface area contributed by atoms with E-state index >= 15 is 0 Å². The number of hydrogen-bond acceptors (Lipinski definition) is 4. The zero-order chi connectivity index (χ0) is 16.4. The lowest BCUT2D eigenvalue weighted by atomic mass is 10.0. The predicted octanol–water partition coefficient (Wildman–Crippen LogP) is 2.06. The quantitative estimate of drug-likeness (QED) is 0.899. The van der Waals surface area contributed by atoms with Crippen molar-refractivity contribution in [2.24, 2.45) is 5.92 Å². The molecule has 1 aliphatic rings. The summed E-state index contributed by atoms with van der Waals surface area (Å²) in [5.41, 5.74) is 2.20. The number of nitrogens with zero attached hydrogens (tertiary/aromatic N) is 2. The number of hydrogen-bond donors (Lipinski definition) is 2. The van der Waals surface area contributed by atoms with Gasteiger partial charge in [0.25, 0.3) is 11.8 Å². The minimum atomic E-state index is -0.179. The normalized spacial score (nSPS) is 14.0. The third kappa shape index (κ3) is 3.29. The van der Waals surface area contributed by atoms with Crippen LogP contribution in [0.15, 0.2) is 17.5 Å². The molecule has 0 saturated heterocycles. The summed E-state index contributed by atoms with van der Waals surface area (Å²) in [6.45, 7) is 5.76. The highest BCUT2D eigenvalue weighted by atomic mass is 32.1. The Kier molecular flexibility index (Phi) is 4.47. The fourth-order valence-electron chi connectivity index (χ4n) is 2.59. The monoisotopic (exact) mass is 332 g/mol. The van der Waals surface area contributed by atoms with Crippen LogP contribution in [0.3, 0.4) is 0 Å². The smallest absolute Gasteiger partial charge is 0.272 e. The van der Waals surface area contributed by atoms with Gasteiger partial charge in [0.15, 0.2) is 5.69 Å². The summed E-state index contributed by atoms with van der Waals surface area (Å²) >= 11 is 1.44. The fraction of sp³-hybridized carbons (Fsp3) is 0.438. The number of fused-ring (bicyclic) bond motifs is 1. The van der Waals surface area contributed by atoms with Gasteiger partial charge in [0.2, 0.25) is 0 Å². The first-order valence-corrected chi connectivity index (χ1v) is 8.61. The number of carbonyl (C=O) groups excluding carboxylic acids is 2. The minimum Gasteiger partial charge on any atom is -0.350 e. The number of H-pyrrole nitrogens is 1. The van der Waals surface area contributed by atoms with Crippen LogP contribution >= 0.6 is 11.3 Å². The molecule has 0 aromatic carbocycles. The van der Waals surface area contributed by atoms with Crippen LogP contribution in [0.25, 0.3) is 0 Å². The molecule has 0 fully saturated rings. The topological polar surface area (TPSA) is 78.1 Å². The molecule has 6 nitrogen and oxygen atoms in total. The maximum Gasteiger partial charge on any atom is 0.272 e. The molecule has 122 valence electrons. The number of rotatable bonds is 4. The van der Waals surface area contributed by atoms with E-state index in [0.717, 1.165) is 16.1 Å². The van der Waals surface area contributed by atoms with Gasteiger partial charge in [-0.25, -0.2) is 0 Å². The van der Waals surface area contributed by atoms with Crippen molar-refractivity contribution in [2.45, 2.75) is 26.8 Å². The largest absolute Gasteiger partial charge is 0.350 e. The van der Waals surface area contributed by atoms with E-state index in [2.05, 4.69) is 15.5 Å². The van der Waals surface area contributed by atoms with E-state index in [1.807, 2.05) is 31.4 Å². The SMILES string of the molecule is CC(C)CNC(=O)c1n[nH]c2c1CN(C(=O)c1cccs1)CC2. The van der Waals surface area contributed by atoms with Gasteiger partial charge in [-0.2, -0.15) is 5.10 Å².